The van der Waals surface area contributed by atoms with Gasteiger partial charge < -0.3 is 10.4 Å². The van der Waals surface area contributed by atoms with Gasteiger partial charge in [-0.25, -0.2) is 4.98 Å². The number of phenols is 1. The van der Waals surface area contributed by atoms with Crippen molar-refractivity contribution >= 4 is 62.7 Å². The van der Waals surface area contributed by atoms with Crippen LogP contribution in [0.2, 0.25) is 5.02 Å². The van der Waals surface area contributed by atoms with Crippen LogP contribution in [0.15, 0.2) is 76.1 Å². The van der Waals surface area contributed by atoms with Gasteiger partial charge in [-0.15, -0.1) is 11.3 Å². The van der Waals surface area contributed by atoms with Crippen LogP contribution >= 0.6 is 34.7 Å². The minimum Gasteiger partial charge on any atom is -0.507 e. The zero-order valence-corrected chi connectivity index (χ0v) is 19.5. The number of benzene rings is 3. The highest BCUT2D eigenvalue weighted by molar-refractivity contribution is 8.01. The highest BCUT2D eigenvalue weighted by Gasteiger charge is 2.12. The highest BCUT2D eigenvalue weighted by atomic mass is 35.5. The number of amides is 1. The van der Waals surface area contributed by atoms with Gasteiger partial charge in [0.1, 0.15) is 5.75 Å². The smallest absolute Gasteiger partial charge is 0.230 e. The summed E-state index contributed by atoms with van der Waals surface area (Å²) in [6.07, 6.45) is 1.58. The normalized spacial score (nSPS) is 12.3. The standard InChI is InChI=1S/C24H20ClN3O2S2/c1-15(16-5-3-2-4-6-16)27-23(30)14-31-24-28-20-9-8-19(12-22(20)32-24)26-13-17-11-18(25)7-10-21(17)29/h2-13,15,29H,14H2,1H3,(H,27,30)/t15-/m0/s1. The van der Waals surface area contributed by atoms with E-state index in [1.807, 2.05) is 55.5 Å². The molecule has 32 heavy (non-hydrogen) atoms. The fraction of sp³-hybridized carbons (Fsp3) is 0.125. The molecule has 0 bridgehead atoms. The third-order valence-corrected chi connectivity index (χ3v) is 7.09. The van der Waals surface area contributed by atoms with E-state index in [0.29, 0.717) is 16.3 Å². The van der Waals surface area contributed by atoms with Crippen LogP contribution in [0.1, 0.15) is 24.1 Å². The molecule has 0 aliphatic carbocycles. The lowest BCUT2D eigenvalue weighted by molar-refractivity contribution is -0.119. The number of hydrogen-bond acceptors (Lipinski definition) is 6. The Morgan fingerprint density at radius 1 is 1.22 bits per heavy atom. The average Bonchev–Trinajstić information content (AvgIpc) is 3.21. The van der Waals surface area contributed by atoms with Gasteiger partial charge in [0, 0.05) is 16.8 Å². The number of rotatable bonds is 7. The van der Waals surface area contributed by atoms with Crippen molar-refractivity contribution in [1.29, 1.82) is 0 Å². The van der Waals surface area contributed by atoms with Crippen molar-refractivity contribution in [2.45, 2.75) is 17.3 Å². The second-order valence-electron chi connectivity index (χ2n) is 7.08. The third-order valence-electron chi connectivity index (χ3n) is 4.70. The van der Waals surface area contributed by atoms with Crippen molar-refractivity contribution in [3.8, 4) is 5.75 Å². The third kappa shape index (κ3) is 5.68. The minimum atomic E-state index is -0.0426. The van der Waals surface area contributed by atoms with Crippen LogP contribution in [0.3, 0.4) is 0 Å². The molecule has 0 aliphatic heterocycles. The summed E-state index contributed by atoms with van der Waals surface area (Å²) in [5.41, 5.74) is 3.23. The van der Waals surface area contributed by atoms with Gasteiger partial charge in [0.05, 0.1) is 27.7 Å². The first-order valence-electron chi connectivity index (χ1n) is 9.88. The Kier molecular flexibility index (Phi) is 7.09. The summed E-state index contributed by atoms with van der Waals surface area (Å²) < 4.78 is 1.81. The number of nitrogens with zero attached hydrogens (tertiary/aromatic N) is 2. The summed E-state index contributed by atoms with van der Waals surface area (Å²) in [5, 5.41) is 13.5. The van der Waals surface area contributed by atoms with Crippen LogP contribution in [-0.4, -0.2) is 28.0 Å². The molecule has 0 saturated carbocycles. The Labute approximate surface area is 199 Å². The van der Waals surface area contributed by atoms with Crippen LogP contribution in [0.25, 0.3) is 10.2 Å². The van der Waals surface area contributed by atoms with Crippen molar-refractivity contribution in [3.05, 3.63) is 82.9 Å². The number of carbonyl (C=O) groups is 1. The number of aromatic hydroxyl groups is 1. The van der Waals surface area contributed by atoms with Crippen LogP contribution in [0, 0.1) is 0 Å². The first-order valence-corrected chi connectivity index (χ1v) is 12.1. The van der Waals surface area contributed by atoms with E-state index in [1.54, 1.807) is 18.3 Å². The molecule has 0 spiro atoms. The Morgan fingerprint density at radius 2 is 2.03 bits per heavy atom. The number of aromatic nitrogens is 1. The van der Waals surface area contributed by atoms with E-state index in [1.165, 1.54) is 29.2 Å². The number of phenolic OH excluding ortho intramolecular Hbond substituents is 1. The van der Waals surface area contributed by atoms with Gasteiger partial charge in [-0.2, -0.15) is 0 Å². The van der Waals surface area contributed by atoms with Gasteiger partial charge in [0.15, 0.2) is 4.34 Å². The summed E-state index contributed by atoms with van der Waals surface area (Å²) in [5.74, 6) is 0.392. The van der Waals surface area contributed by atoms with Crippen molar-refractivity contribution in [2.24, 2.45) is 4.99 Å². The second-order valence-corrected chi connectivity index (χ2v) is 9.77. The maximum Gasteiger partial charge on any atom is 0.230 e. The van der Waals surface area contributed by atoms with Crippen LogP contribution in [0.5, 0.6) is 5.75 Å². The molecule has 0 fully saturated rings. The van der Waals surface area contributed by atoms with Crippen molar-refractivity contribution in [3.63, 3.8) is 0 Å². The molecule has 0 unspecified atom stereocenters. The molecule has 1 amide bonds. The molecule has 5 nitrogen and oxygen atoms in total. The lowest BCUT2D eigenvalue weighted by atomic mass is 10.1. The Hall–Kier alpha value is -2.87. The summed E-state index contributed by atoms with van der Waals surface area (Å²) in [6, 6.07) is 20.4. The van der Waals surface area contributed by atoms with Crippen molar-refractivity contribution in [2.75, 3.05) is 5.75 Å². The number of thiazole rings is 1. The molecule has 1 aromatic heterocycles. The fourth-order valence-electron chi connectivity index (χ4n) is 3.04. The molecule has 0 radical (unpaired) electrons. The van der Waals surface area contributed by atoms with Gasteiger partial charge in [-0.05, 0) is 48.9 Å². The molecule has 3 aromatic carbocycles. The van der Waals surface area contributed by atoms with Gasteiger partial charge in [0.25, 0.3) is 0 Å². The number of carbonyl (C=O) groups excluding carboxylic acids is 1. The Balaban J connectivity index is 1.39. The van der Waals surface area contributed by atoms with E-state index in [0.717, 1.165) is 25.8 Å². The first-order chi connectivity index (χ1) is 15.5. The fourth-order valence-corrected chi connectivity index (χ4v) is 5.14. The first kappa shape index (κ1) is 22.3. The van der Waals surface area contributed by atoms with Crippen LogP contribution in [0.4, 0.5) is 5.69 Å². The molecule has 4 rings (SSSR count). The summed E-state index contributed by atoms with van der Waals surface area (Å²) in [6.45, 7) is 1.97. The van der Waals surface area contributed by atoms with Gasteiger partial charge in [-0.1, -0.05) is 53.7 Å². The SMILES string of the molecule is C[C@H](NC(=O)CSc1nc2ccc(N=Cc3cc(Cl)ccc3O)cc2s1)c1ccccc1. The quantitative estimate of drug-likeness (QED) is 0.237. The lowest BCUT2D eigenvalue weighted by Crippen LogP contribution is -2.28. The lowest BCUT2D eigenvalue weighted by Gasteiger charge is -2.13. The predicted octanol–water partition coefficient (Wildman–Crippen LogP) is 6.38. The van der Waals surface area contributed by atoms with E-state index < -0.39 is 0 Å². The molecule has 0 aliphatic rings. The monoisotopic (exact) mass is 481 g/mol. The molecular weight excluding hydrogens is 462 g/mol. The van der Waals surface area contributed by atoms with Gasteiger partial charge in [0.2, 0.25) is 5.91 Å². The van der Waals surface area contributed by atoms with Crippen molar-refractivity contribution < 1.29 is 9.90 Å². The number of hydrogen-bond donors (Lipinski definition) is 2. The molecule has 162 valence electrons. The molecule has 1 heterocycles. The predicted molar refractivity (Wildman–Crippen MR) is 134 cm³/mol. The summed E-state index contributed by atoms with van der Waals surface area (Å²) >= 11 is 8.92. The number of aliphatic imine (C=N–C) groups is 1. The topological polar surface area (TPSA) is 74.6 Å². The number of nitrogens with one attached hydrogen (secondary N) is 1. The van der Waals surface area contributed by atoms with E-state index in [4.69, 9.17) is 11.6 Å². The number of halogens is 1. The largest absolute Gasteiger partial charge is 0.507 e. The molecule has 2 N–H and O–H groups in total. The van der Waals surface area contributed by atoms with Gasteiger partial charge in [-0.3, -0.25) is 9.79 Å². The summed E-state index contributed by atoms with van der Waals surface area (Å²) in [7, 11) is 0. The number of thioether (sulfide) groups is 1. The maximum absolute atomic E-state index is 12.3. The highest BCUT2D eigenvalue weighted by Crippen LogP contribution is 2.32. The van der Waals surface area contributed by atoms with Gasteiger partial charge >= 0.3 is 0 Å². The van der Waals surface area contributed by atoms with E-state index >= 15 is 0 Å². The number of fused-ring (bicyclic) bond motifs is 1. The Bertz CT molecular complexity index is 1270. The average molecular weight is 482 g/mol. The van der Waals surface area contributed by atoms with E-state index in [9.17, 15) is 9.90 Å². The second kappa shape index (κ2) is 10.2. The molecule has 0 saturated heterocycles. The molecule has 1 atom stereocenters. The maximum atomic E-state index is 12.3. The van der Waals surface area contributed by atoms with E-state index in [2.05, 4.69) is 15.3 Å². The van der Waals surface area contributed by atoms with Crippen LogP contribution in [-0.2, 0) is 4.79 Å². The van der Waals surface area contributed by atoms with Crippen LogP contribution < -0.4 is 5.32 Å². The molecule has 4 aromatic rings. The molecule has 8 heteroatoms. The Morgan fingerprint density at radius 3 is 2.84 bits per heavy atom. The van der Waals surface area contributed by atoms with E-state index in [-0.39, 0.29) is 17.7 Å². The summed E-state index contributed by atoms with van der Waals surface area (Å²) in [4.78, 5) is 21.4. The molecular formula is C24H20ClN3O2S2. The minimum absolute atomic E-state index is 0.0303. The van der Waals surface area contributed by atoms with Crippen molar-refractivity contribution in [1.82, 2.24) is 10.3 Å². The zero-order valence-electron chi connectivity index (χ0n) is 17.2. The zero-order chi connectivity index (χ0) is 22.5.